The summed E-state index contributed by atoms with van der Waals surface area (Å²) in [6.07, 6.45) is 7.77. The first kappa shape index (κ1) is 18.6. The molecule has 6 heteroatoms. The molecule has 0 spiro atoms. The Morgan fingerprint density at radius 1 is 1.19 bits per heavy atom. The number of para-hydroxylation sites is 1. The number of nitrogens with two attached hydrogens (primary N) is 1. The first-order chi connectivity index (χ1) is 12.5. The number of nitrogen functional groups attached to an aromatic ring is 1. The van der Waals surface area contributed by atoms with Gasteiger partial charge in [-0.1, -0.05) is 24.1 Å². The summed E-state index contributed by atoms with van der Waals surface area (Å²) in [6, 6.07) is 11.4. The lowest BCUT2D eigenvalue weighted by Crippen LogP contribution is -2.12. The fourth-order valence-electron chi connectivity index (χ4n) is 2.05. The second-order valence-electron chi connectivity index (χ2n) is 5.03. The maximum atomic E-state index is 11.9. The maximum absolute atomic E-state index is 11.9. The van der Waals surface area contributed by atoms with Crippen molar-refractivity contribution in [2.24, 2.45) is 0 Å². The first-order valence-corrected chi connectivity index (χ1v) is 7.58. The second kappa shape index (κ2) is 8.94. The Hall–Kier alpha value is -3.72. The summed E-state index contributed by atoms with van der Waals surface area (Å²) in [5.41, 5.74) is 6.69. The van der Waals surface area contributed by atoms with Crippen molar-refractivity contribution < 1.29 is 23.8 Å². The Morgan fingerprint density at radius 3 is 2.65 bits per heavy atom. The van der Waals surface area contributed by atoms with Crippen LogP contribution in [0.4, 0.5) is 5.69 Å². The lowest BCUT2D eigenvalue weighted by molar-refractivity contribution is -0.132. The van der Waals surface area contributed by atoms with Gasteiger partial charge in [-0.2, -0.15) is 0 Å². The van der Waals surface area contributed by atoms with E-state index in [0.717, 1.165) is 6.08 Å². The minimum atomic E-state index is -0.815. The van der Waals surface area contributed by atoms with Crippen LogP contribution in [0.15, 0.2) is 48.5 Å². The monoisotopic (exact) mass is 351 g/mol. The van der Waals surface area contributed by atoms with Gasteiger partial charge >= 0.3 is 11.9 Å². The van der Waals surface area contributed by atoms with E-state index in [1.54, 1.807) is 36.4 Å². The highest BCUT2D eigenvalue weighted by molar-refractivity contribution is 6.03. The number of ether oxygens (including phenoxy) is 3. The Bertz CT molecular complexity index is 880. The van der Waals surface area contributed by atoms with E-state index in [1.807, 2.05) is 0 Å². The van der Waals surface area contributed by atoms with Crippen molar-refractivity contribution in [2.45, 2.75) is 0 Å². The lowest BCUT2D eigenvalue weighted by Gasteiger charge is -2.09. The van der Waals surface area contributed by atoms with Gasteiger partial charge in [-0.05, 0) is 35.9 Å². The van der Waals surface area contributed by atoms with E-state index in [-0.39, 0.29) is 17.9 Å². The van der Waals surface area contributed by atoms with Crippen LogP contribution in [0.5, 0.6) is 11.5 Å². The summed E-state index contributed by atoms with van der Waals surface area (Å²) in [4.78, 5) is 23.7. The number of carbonyl (C=O) groups is 2. The van der Waals surface area contributed by atoms with Crippen LogP contribution in [0.1, 0.15) is 15.9 Å². The molecule has 0 bridgehead atoms. The predicted molar refractivity (Wildman–Crippen MR) is 97.6 cm³/mol. The topological polar surface area (TPSA) is 87.9 Å². The molecule has 6 nitrogen and oxygen atoms in total. The molecule has 0 fully saturated rings. The highest BCUT2D eigenvalue weighted by Crippen LogP contribution is 2.28. The van der Waals surface area contributed by atoms with E-state index < -0.39 is 11.9 Å². The molecule has 2 aromatic carbocycles. The van der Waals surface area contributed by atoms with Crippen LogP contribution in [0, 0.1) is 12.3 Å². The summed E-state index contributed by atoms with van der Waals surface area (Å²) in [6.45, 7) is 0.114. The molecule has 132 valence electrons. The van der Waals surface area contributed by atoms with Gasteiger partial charge in [0.1, 0.15) is 6.61 Å². The van der Waals surface area contributed by atoms with Crippen LogP contribution < -0.4 is 15.2 Å². The minimum Gasteiger partial charge on any atom is -0.493 e. The van der Waals surface area contributed by atoms with Crippen molar-refractivity contribution in [1.82, 2.24) is 0 Å². The molecule has 0 aliphatic heterocycles. The lowest BCUT2D eigenvalue weighted by atomic mass is 10.2. The number of anilines is 1. The molecular formula is C20H17NO5. The summed E-state index contributed by atoms with van der Waals surface area (Å²) in [7, 11) is 1.49. The van der Waals surface area contributed by atoms with Crippen molar-refractivity contribution >= 4 is 23.7 Å². The van der Waals surface area contributed by atoms with Crippen molar-refractivity contribution in [3.8, 4) is 23.8 Å². The largest absolute Gasteiger partial charge is 0.493 e. The molecule has 0 saturated carbocycles. The third kappa shape index (κ3) is 4.89. The van der Waals surface area contributed by atoms with E-state index >= 15 is 0 Å². The standard InChI is InChI=1S/C20H17NO5/c1-3-12-25-17-10-8-14(13-18(17)24-2)9-11-19(22)26-20(23)15-6-4-5-7-16(15)21/h1,4-11,13H,12,21H2,2H3/b11-9+. The molecule has 0 aliphatic carbocycles. The molecule has 0 saturated heterocycles. The van der Waals surface area contributed by atoms with Crippen LogP contribution in [0.2, 0.25) is 0 Å². The first-order valence-electron chi connectivity index (χ1n) is 7.58. The van der Waals surface area contributed by atoms with Gasteiger partial charge in [-0.15, -0.1) is 6.42 Å². The number of carbonyl (C=O) groups excluding carboxylic acids is 2. The Kier molecular flexibility index (Phi) is 6.40. The van der Waals surface area contributed by atoms with Crippen molar-refractivity contribution in [3.63, 3.8) is 0 Å². The maximum Gasteiger partial charge on any atom is 0.348 e. The molecule has 2 N–H and O–H groups in total. The molecule has 0 heterocycles. The van der Waals surface area contributed by atoms with Gasteiger partial charge in [-0.25, -0.2) is 9.59 Å². The smallest absolute Gasteiger partial charge is 0.348 e. The third-order valence-corrected chi connectivity index (χ3v) is 3.28. The number of terminal acetylenes is 1. The zero-order valence-corrected chi connectivity index (χ0v) is 14.1. The Balaban J connectivity index is 2.05. The van der Waals surface area contributed by atoms with Gasteiger partial charge in [0.2, 0.25) is 0 Å². The highest BCUT2D eigenvalue weighted by Gasteiger charge is 2.13. The van der Waals surface area contributed by atoms with E-state index in [1.165, 1.54) is 19.3 Å². The zero-order chi connectivity index (χ0) is 18.9. The molecule has 0 amide bonds. The van der Waals surface area contributed by atoms with Gasteiger partial charge < -0.3 is 19.9 Å². The third-order valence-electron chi connectivity index (χ3n) is 3.28. The Morgan fingerprint density at radius 2 is 1.96 bits per heavy atom. The van der Waals surface area contributed by atoms with E-state index in [2.05, 4.69) is 5.92 Å². The fraction of sp³-hybridized carbons (Fsp3) is 0.100. The van der Waals surface area contributed by atoms with Crippen LogP contribution in [-0.2, 0) is 9.53 Å². The average Bonchev–Trinajstić information content (AvgIpc) is 2.65. The second-order valence-corrected chi connectivity index (χ2v) is 5.03. The average molecular weight is 351 g/mol. The van der Waals surface area contributed by atoms with Crippen molar-refractivity contribution in [1.29, 1.82) is 0 Å². The summed E-state index contributed by atoms with van der Waals surface area (Å²) >= 11 is 0. The molecular weight excluding hydrogens is 334 g/mol. The van der Waals surface area contributed by atoms with Crippen LogP contribution in [0.3, 0.4) is 0 Å². The van der Waals surface area contributed by atoms with Gasteiger partial charge in [0.25, 0.3) is 0 Å². The quantitative estimate of drug-likeness (QED) is 0.283. The number of esters is 2. The summed E-state index contributed by atoms with van der Waals surface area (Å²) < 4.78 is 15.3. The van der Waals surface area contributed by atoms with E-state index in [4.69, 9.17) is 26.4 Å². The fourth-order valence-corrected chi connectivity index (χ4v) is 2.05. The van der Waals surface area contributed by atoms with Gasteiger partial charge in [0.15, 0.2) is 11.5 Å². The number of hydrogen-bond acceptors (Lipinski definition) is 6. The molecule has 2 rings (SSSR count). The number of hydrogen-bond donors (Lipinski definition) is 1. The number of methoxy groups -OCH3 is 1. The van der Waals surface area contributed by atoms with Crippen LogP contribution >= 0.6 is 0 Å². The number of rotatable bonds is 6. The summed E-state index contributed by atoms with van der Waals surface area (Å²) in [5, 5.41) is 0. The highest BCUT2D eigenvalue weighted by atomic mass is 16.6. The molecule has 2 aromatic rings. The number of benzene rings is 2. The predicted octanol–water partition coefficient (Wildman–Crippen LogP) is 2.69. The molecule has 0 radical (unpaired) electrons. The minimum absolute atomic E-state index is 0.114. The SMILES string of the molecule is C#CCOc1ccc(/C=C/C(=O)OC(=O)c2ccccc2N)cc1OC. The van der Waals surface area contributed by atoms with Gasteiger partial charge in [0.05, 0.1) is 12.7 Å². The van der Waals surface area contributed by atoms with E-state index in [9.17, 15) is 9.59 Å². The van der Waals surface area contributed by atoms with E-state index in [0.29, 0.717) is 17.1 Å². The summed E-state index contributed by atoms with van der Waals surface area (Å²) in [5.74, 6) is 1.69. The van der Waals surface area contributed by atoms with Crippen LogP contribution in [-0.4, -0.2) is 25.7 Å². The Labute approximate surface area is 151 Å². The molecule has 26 heavy (non-hydrogen) atoms. The van der Waals surface area contributed by atoms with Crippen LogP contribution in [0.25, 0.3) is 6.08 Å². The molecule has 0 unspecified atom stereocenters. The van der Waals surface area contributed by atoms with Crippen molar-refractivity contribution in [3.05, 3.63) is 59.7 Å². The zero-order valence-electron chi connectivity index (χ0n) is 14.1. The normalized spacial score (nSPS) is 10.2. The molecule has 0 atom stereocenters. The van der Waals surface area contributed by atoms with Crippen molar-refractivity contribution in [2.75, 3.05) is 19.5 Å². The molecule has 0 aliphatic rings. The van der Waals surface area contributed by atoms with Gasteiger partial charge in [-0.3, -0.25) is 0 Å². The molecule has 0 aromatic heterocycles. The van der Waals surface area contributed by atoms with Gasteiger partial charge in [0, 0.05) is 11.8 Å².